The lowest BCUT2D eigenvalue weighted by Gasteiger charge is -2.37. The third kappa shape index (κ3) is 6.03. The lowest BCUT2D eigenvalue weighted by atomic mass is 9.87. The predicted molar refractivity (Wildman–Crippen MR) is 187 cm³/mol. The molecule has 8 rings (SSSR count). The van der Waals surface area contributed by atoms with E-state index in [9.17, 15) is 0 Å². The topological polar surface area (TPSA) is 61.9 Å². The standard InChI is InChI=1S/C40H46N2O6/c1-24(2)46-39-37(45-7)22-28-15-17-42(4)32-19-26-10-13-33(43-5)35(20-26)47-29-11-8-25(9-12-29)18-31-30-23-36(48-40(39)38(28)32)34(44-6)21-27(30)14-16-41(31)3/h8-13,20-24,31-32H,14-19H2,1-7H3. The Bertz CT molecular complexity index is 1800. The molecule has 0 saturated heterocycles. The summed E-state index contributed by atoms with van der Waals surface area (Å²) < 4.78 is 37.9. The predicted octanol–water partition coefficient (Wildman–Crippen LogP) is 7.94. The normalized spacial score (nSPS) is 19.0. The van der Waals surface area contributed by atoms with E-state index in [2.05, 4.69) is 78.5 Å². The Balaban J connectivity index is 1.48. The van der Waals surface area contributed by atoms with Crippen LogP contribution in [-0.2, 0) is 25.7 Å². The molecule has 0 aliphatic carbocycles. The third-order valence-corrected chi connectivity index (χ3v) is 10.00. The maximum atomic E-state index is 7.14. The second-order valence-corrected chi connectivity index (χ2v) is 13.4. The number of benzene rings is 4. The fraction of sp³-hybridized carbons (Fsp3) is 0.400. The first-order chi connectivity index (χ1) is 23.3. The largest absolute Gasteiger partial charge is 0.493 e. The zero-order chi connectivity index (χ0) is 33.5. The van der Waals surface area contributed by atoms with E-state index < -0.39 is 0 Å². The number of nitrogens with zero attached hydrogens (tertiary/aromatic N) is 2. The highest BCUT2D eigenvalue weighted by atomic mass is 16.6. The van der Waals surface area contributed by atoms with Crippen molar-refractivity contribution in [2.24, 2.45) is 0 Å². The smallest absolute Gasteiger partial charge is 0.204 e. The molecular formula is C40H46N2O6. The molecule has 0 fully saturated rings. The van der Waals surface area contributed by atoms with E-state index in [1.54, 1.807) is 21.3 Å². The van der Waals surface area contributed by atoms with Crippen LogP contribution in [0.15, 0.2) is 60.7 Å². The quantitative estimate of drug-likeness (QED) is 0.216. The van der Waals surface area contributed by atoms with Gasteiger partial charge in [0, 0.05) is 30.7 Å². The van der Waals surface area contributed by atoms with Crippen molar-refractivity contribution in [1.82, 2.24) is 9.80 Å². The number of ether oxygens (including phenoxy) is 6. The minimum Gasteiger partial charge on any atom is -0.493 e. The van der Waals surface area contributed by atoms with Crippen molar-refractivity contribution in [3.63, 3.8) is 0 Å². The zero-order valence-electron chi connectivity index (χ0n) is 29.1. The van der Waals surface area contributed by atoms with Crippen LogP contribution in [0.3, 0.4) is 0 Å². The highest BCUT2D eigenvalue weighted by Crippen LogP contribution is 2.52. The van der Waals surface area contributed by atoms with Crippen LogP contribution in [0.5, 0.6) is 46.0 Å². The summed E-state index contributed by atoms with van der Waals surface area (Å²) in [5, 5.41) is 0. The van der Waals surface area contributed by atoms with Gasteiger partial charge in [0.15, 0.2) is 34.5 Å². The van der Waals surface area contributed by atoms with Crippen molar-refractivity contribution < 1.29 is 28.4 Å². The molecule has 0 aromatic heterocycles. The second-order valence-electron chi connectivity index (χ2n) is 13.4. The summed E-state index contributed by atoms with van der Waals surface area (Å²) in [5.41, 5.74) is 7.17. The van der Waals surface area contributed by atoms with Gasteiger partial charge in [0.25, 0.3) is 0 Å². The number of likely N-dealkylation sites (N-methyl/N-ethyl adjacent to an activating group) is 2. The van der Waals surface area contributed by atoms with Crippen LogP contribution in [0.2, 0.25) is 0 Å². The maximum absolute atomic E-state index is 7.14. The summed E-state index contributed by atoms with van der Waals surface area (Å²) in [6, 6.07) is 21.3. The van der Waals surface area contributed by atoms with Crippen LogP contribution in [0.1, 0.15) is 59.3 Å². The fourth-order valence-corrected chi connectivity index (χ4v) is 7.43. The average molecular weight is 651 g/mol. The first kappa shape index (κ1) is 32.2. The SMILES string of the molecule is COc1ccc2cc1Oc1ccc(cc1)CC1c3cc(c(OC)cc3CCN1C)Oc1c(OC(C)C)c(OC)cc3c1C(C2)N(C)CC3. The highest BCUT2D eigenvalue weighted by Gasteiger charge is 2.35. The fourth-order valence-electron chi connectivity index (χ4n) is 7.43. The van der Waals surface area contributed by atoms with Crippen LogP contribution in [0, 0.1) is 0 Å². The van der Waals surface area contributed by atoms with Gasteiger partial charge in [-0.25, -0.2) is 0 Å². The molecule has 6 bridgehead atoms. The molecule has 0 amide bonds. The summed E-state index contributed by atoms with van der Waals surface area (Å²) in [6.45, 7) is 5.91. The van der Waals surface area contributed by atoms with E-state index in [4.69, 9.17) is 28.4 Å². The lowest BCUT2D eigenvalue weighted by Crippen LogP contribution is -2.34. The molecule has 0 N–H and O–H groups in total. The van der Waals surface area contributed by atoms with E-state index in [0.29, 0.717) is 40.2 Å². The summed E-state index contributed by atoms with van der Waals surface area (Å²) in [4.78, 5) is 4.83. The Morgan fingerprint density at radius 2 is 1.29 bits per heavy atom. The molecule has 4 heterocycles. The average Bonchev–Trinajstić information content (AvgIpc) is 3.08. The molecule has 2 unspecified atom stereocenters. The van der Waals surface area contributed by atoms with Gasteiger partial charge < -0.3 is 28.4 Å². The Kier molecular flexibility index (Phi) is 8.88. The lowest BCUT2D eigenvalue weighted by molar-refractivity contribution is 0.204. The Labute approximate surface area is 284 Å². The molecule has 252 valence electrons. The van der Waals surface area contributed by atoms with Crippen molar-refractivity contribution in [1.29, 1.82) is 0 Å². The number of hydrogen-bond donors (Lipinski definition) is 0. The highest BCUT2D eigenvalue weighted by molar-refractivity contribution is 5.64. The van der Waals surface area contributed by atoms with Crippen LogP contribution < -0.4 is 28.4 Å². The maximum Gasteiger partial charge on any atom is 0.204 e. The summed E-state index contributed by atoms with van der Waals surface area (Å²) in [7, 11) is 9.47. The molecule has 4 aromatic rings. The van der Waals surface area contributed by atoms with Gasteiger partial charge in [-0.05, 0) is 124 Å². The molecule has 4 aliphatic heterocycles. The van der Waals surface area contributed by atoms with Crippen molar-refractivity contribution in [3.8, 4) is 46.0 Å². The first-order valence-electron chi connectivity index (χ1n) is 16.9. The molecule has 0 radical (unpaired) electrons. The van der Waals surface area contributed by atoms with Crippen molar-refractivity contribution >= 4 is 0 Å². The zero-order valence-corrected chi connectivity index (χ0v) is 29.1. The van der Waals surface area contributed by atoms with Crippen molar-refractivity contribution in [2.75, 3.05) is 48.5 Å². The molecule has 8 heteroatoms. The van der Waals surface area contributed by atoms with Crippen LogP contribution in [0.25, 0.3) is 0 Å². The van der Waals surface area contributed by atoms with Gasteiger partial charge >= 0.3 is 0 Å². The van der Waals surface area contributed by atoms with Gasteiger partial charge in [0.2, 0.25) is 5.75 Å². The van der Waals surface area contributed by atoms with Crippen molar-refractivity contribution in [2.45, 2.75) is 57.7 Å². The molecule has 8 nitrogen and oxygen atoms in total. The van der Waals surface area contributed by atoms with E-state index >= 15 is 0 Å². The number of fused-ring (bicyclic) bond motifs is 2. The number of rotatable bonds is 5. The molecular weight excluding hydrogens is 604 g/mol. The second kappa shape index (κ2) is 13.2. The first-order valence-corrected chi connectivity index (χ1v) is 16.9. The molecule has 48 heavy (non-hydrogen) atoms. The monoisotopic (exact) mass is 650 g/mol. The summed E-state index contributed by atoms with van der Waals surface area (Å²) in [5.74, 6) is 5.48. The van der Waals surface area contributed by atoms with E-state index in [1.165, 1.54) is 22.3 Å². The third-order valence-electron chi connectivity index (χ3n) is 10.00. The summed E-state index contributed by atoms with van der Waals surface area (Å²) >= 11 is 0. The summed E-state index contributed by atoms with van der Waals surface area (Å²) in [6.07, 6.45) is 3.27. The van der Waals surface area contributed by atoms with E-state index in [-0.39, 0.29) is 18.2 Å². The Morgan fingerprint density at radius 3 is 2.00 bits per heavy atom. The Morgan fingerprint density at radius 1 is 0.667 bits per heavy atom. The van der Waals surface area contributed by atoms with Crippen LogP contribution >= 0.6 is 0 Å². The van der Waals surface area contributed by atoms with Gasteiger partial charge in [-0.3, -0.25) is 9.80 Å². The van der Waals surface area contributed by atoms with Gasteiger partial charge in [-0.15, -0.1) is 0 Å². The number of methoxy groups -OCH3 is 3. The van der Waals surface area contributed by atoms with Gasteiger partial charge in [0.05, 0.1) is 27.4 Å². The van der Waals surface area contributed by atoms with Gasteiger partial charge in [-0.1, -0.05) is 18.2 Å². The van der Waals surface area contributed by atoms with Crippen LogP contribution in [0.4, 0.5) is 0 Å². The Hall–Kier alpha value is -4.40. The van der Waals surface area contributed by atoms with E-state index in [0.717, 1.165) is 55.6 Å². The molecule has 0 spiro atoms. The number of hydrogen-bond acceptors (Lipinski definition) is 8. The molecule has 4 aliphatic rings. The minimum atomic E-state index is -0.0968. The molecule has 0 saturated carbocycles. The molecule has 2 atom stereocenters. The minimum absolute atomic E-state index is 0.00826. The van der Waals surface area contributed by atoms with E-state index in [1.807, 2.05) is 19.9 Å². The van der Waals surface area contributed by atoms with Crippen LogP contribution in [-0.4, -0.2) is 64.4 Å². The van der Waals surface area contributed by atoms with Gasteiger partial charge in [0.1, 0.15) is 5.75 Å². The molecule has 4 aromatic carbocycles. The van der Waals surface area contributed by atoms with Crippen molar-refractivity contribution in [3.05, 3.63) is 94.0 Å². The van der Waals surface area contributed by atoms with Gasteiger partial charge in [-0.2, -0.15) is 0 Å².